The number of hydrogen-bond acceptors (Lipinski definition) is 5. The third-order valence-electron chi connectivity index (χ3n) is 5.17. The van der Waals surface area contributed by atoms with E-state index in [1.54, 1.807) is 18.2 Å². The molecule has 1 N–H and O–H groups in total. The average molecular weight is 367 g/mol. The van der Waals surface area contributed by atoms with Crippen LogP contribution in [0.3, 0.4) is 0 Å². The Balaban J connectivity index is 1.37. The Morgan fingerprint density at radius 3 is 2.37 bits per heavy atom. The summed E-state index contributed by atoms with van der Waals surface area (Å²) in [7, 11) is 0. The zero-order chi connectivity index (χ0) is 18.8. The molecule has 1 saturated heterocycles. The monoisotopic (exact) mass is 367 g/mol. The van der Waals surface area contributed by atoms with Crippen LogP contribution in [0.25, 0.3) is 0 Å². The minimum absolute atomic E-state index is 0.161. The third kappa shape index (κ3) is 3.85. The number of carbonyl (C=O) groups is 1. The third-order valence-corrected chi connectivity index (χ3v) is 5.17. The zero-order valence-electron chi connectivity index (χ0n) is 15.8. The normalized spacial score (nSPS) is 16.6. The fourth-order valence-electron chi connectivity index (χ4n) is 3.49. The van der Waals surface area contributed by atoms with Gasteiger partial charge in [-0.3, -0.25) is 9.69 Å². The summed E-state index contributed by atoms with van der Waals surface area (Å²) in [5, 5.41) is 2.94. The smallest absolute Gasteiger partial charge is 0.255 e. The van der Waals surface area contributed by atoms with Gasteiger partial charge in [0.25, 0.3) is 5.91 Å². The molecule has 2 heterocycles. The molecule has 0 aliphatic carbocycles. The molecule has 4 rings (SSSR count). The highest BCUT2D eigenvalue weighted by Crippen LogP contribution is 2.32. The Labute approximate surface area is 159 Å². The molecule has 0 radical (unpaired) electrons. The summed E-state index contributed by atoms with van der Waals surface area (Å²) in [6, 6.07) is 13.9. The number of nitrogens with zero attached hydrogens (tertiary/aromatic N) is 2. The summed E-state index contributed by atoms with van der Waals surface area (Å²) < 4.78 is 10.6. The maximum atomic E-state index is 12.5. The van der Waals surface area contributed by atoms with Crippen molar-refractivity contribution >= 4 is 17.3 Å². The summed E-state index contributed by atoms with van der Waals surface area (Å²) in [4.78, 5) is 17.4. The van der Waals surface area contributed by atoms with Gasteiger partial charge in [0.05, 0.1) is 0 Å². The van der Waals surface area contributed by atoms with E-state index in [1.165, 1.54) is 5.69 Å². The van der Waals surface area contributed by atoms with Crippen molar-refractivity contribution in [1.29, 1.82) is 0 Å². The maximum absolute atomic E-state index is 12.5. The molecule has 0 unspecified atom stereocenters. The van der Waals surface area contributed by atoms with E-state index in [-0.39, 0.29) is 12.7 Å². The second kappa shape index (κ2) is 7.48. The quantitative estimate of drug-likeness (QED) is 0.899. The second-order valence-electron chi connectivity index (χ2n) is 7.19. The summed E-state index contributed by atoms with van der Waals surface area (Å²) in [5.74, 6) is 1.12. The molecule has 27 heavy (non-hydrogen) atoms. The highest BCUT2D eigenvalue weighted by Gasteiger charge is 2.19. The van der Waals surface area contributed by atoms with E-state index in [2.05, 4.69) is 41.1 Å². The number of hydrogen-bond donors (Lipinski definition) is 1. The van der Waals surface area contributed by atoms with Gasteiger partial charge in [0.2, 0.25) is 6.79 Å². The average Bonchev–Trinajstić information content (AvgIpc) is 3.16. The van der Waals surface area contributed by atoms with Crippen LogP contribution in [0.15, 0.2) is 42.5 Å². The van der Waals surface area contributed by atoms with E-state index in [0.717, 1.165) is 31.9 Å². The molecular formula is C21H25N3O3. The predicted molar refractivity (Wildman–Crippen MR) is 106 cm³/mol. The molecule has 2 aliphatic heterocycles. The van der Waals surface area contributed by atoms with Crippen LogP contribution in [0.2, 0.25) is 0 Å². The molecule has 0 atom stereocenters. The summed E-state index contributed by atoms with van der Waals surface area (Å²) in [6.45, 7) is 8.91. The van der Waals surface area contributed by atoms with E-state index in [9.17, 15) is 4.79 Å². The van der Waals surface area contributed by atoms with Crippen LogP contribution >= 0.6 is 0 Å². The molecule has 1 amide bonds. The highest BCUT2D eigenvalue weighted by atomic mass is 16.7. The fourth-order valence-corrected chi connectivity index (χ4v) is 3.49. The number of carbonyl (C=O) groups excluding carboxylic acids is 1. The maximum Gasteiger partial charge on any atom is 0.255 e. The Kier molecular flexibility index (Phi) is 4.90. The van der Waals surface area contributed by atoms with Gasteiger partial charge >= 0.3 is 0 Å². The van der Waals surface area contributed by atoms with Gasteiger partial charge in [-0.25, -0.2) is 0 Å². The number of rotatable bonds is 4. The molecule has 0 saturated carbocycles. The SMILES string of the molecule is CC(C)N1CCN(c2ccc(NC(=O)c3ccc4c(c3)OCO4)cc2)CC1. The summed E-state index contributed by atoms with van der Waals surface area (Å²) in [5.41, 5.74) is 2.52. The topological polar surface area (TPSA) is 54.0 Å². The number of piperazine rings is 1. The predicted octanol–water partition coefficient (Wildman–Crippen LogP) is 3.20. The first-order valence-electron chi connectivity index (χ1n) is 9.40. The first kappa shape index (κ1) is 17.7. The van der Waals surface area contributed by atoms with E-state index in [4.69, 9.17) is 9.47 Å². The van der Waals surface area contributed by atoms with Crippen LogP contribution in [0, 0.1) is 0 Å². The van der Waals surface area contributed by atoms with Crippen molar-refractivity contribution in [3.05, 3.63) is 48.0 Å². The van der Waals surface area contributed by atoms with E-state index < -0.39 is 0 Å². The van der Waals surface area contributed by atoms with Gasteiger partial charge in [-0.15, -0.1) is 0 Å². The molecule has 2 aromatic carbocycles. The van der Waals surface area contributed by atoms with Crippen LogP contribution in [0.4, 0.5) is 11.4 Å². The lowest BCUT2D eigenvalue weighted by Gasteiger charge is -2.38. The van der Waals surface area contributed by atoms with Gasteiger partial charge in [-0.1, -0.05) is 0 Å². The Bertz CT molecular complexity index is 812. The van der Waals surface area contributed by atoms with Gasteiger partial charge in [0.1, 0.15) is 0 Å². The van der Waals surface area contributed by atoms with Crippen LogP contribution in [0.5, 0.6) is 11.5 Å². The first-order valence-corrected chi connectivity index (χ1v) is 9.40. The van der Waals surface area contributed by atoms with Gasteiger partial charge in [0, 0.05) is 49.2 Å². The van der Waals surface area contributed by atoms with Gasteiger partial charge in [0.15, 0.2) is 11.5 Å². The molecule has 2 aliphatic rings. The first-order chi connectivity index (χ1) is 13.1. The number of benzene rings is 2. The second-order valence-corrected chi connectivity index (χ2v) is 7.19. The minimum atomic E-state index is -0.161. The van der Waals surface area contributed by atoms with E-state index in [0.29, 0.717) is 23.1 Å². The Hall–Kier alpha value is -2.73. The molecule has 6 heteroatoms. The fraction of sp³-hybridized carbons (Fsp3) is 0.381. The molecule has 0 spiro atoms. The van der Waals surface area contributed by atoms with Crippen molar-refractivity contribution < 1.29 is 14.3 Å². The minimum Gasteiger partial charge on any atom is -0.454 e. The number of nitrogens with one attached hydrogen (secondary N) is 1. The molecule has 2 aromatic rings. The number of ether oxygens (including phenoxy) is 2. The van der Waals surface area contributed by atoms with Crippen LogP contribution < -0.4 is 19.7 Å². The lowest BCUT2D eigenvalue weighted by atomic mass is 10.1. The van der Waals surface area contributed by atoms with Crippen LogP contribution in [0.1, 0.15) is 24.2 Å². The Morgan fingerprint density at radius 1 is 0.963 bits per heavy atom. The van der Waals surface area contributed by atoms with Gasteiger partial charge in [-0.2, -0.15) is 0 Å². The van der Waals surface area contributed by atoms with Crippen molar-refractivity contribution in [3.63, 3.8) is 0 Å². The van der Waals surface area contributed by atoms with Crippen molar-refractivity contribution in [2.75, 3.05) is 43.2 Å². The molecular weight excluding hydrogens is 342 g/mol. The molecule has 0 aromatic heterocycles. The number of anilines is 2. The summed E-state index contributed by atoms with van der Waals surface area (Å²) >= 11 is 0. The number of fused-ring (bicyclic) bond motifs is 1. The largest absolute Gasteiger partial charge is 0.454 e. The van der Waals surface area contributed by atoms with Crippen molar-refractivity contribution in [3.8, 4) is 11.5 Å². The van der Waals surface area contributed by atoms with Crippen LogP contribution in [-0.2, 0) is 0 Å². The van der Waals surface area contributed by atoms with Crippen LogP contribution in [-0.4, -0.2) is 49.8 Å². The summed E-state index contributed by atoms with van der Waals surface area (Å²) in [6.07, 6.45) is 0. The van der Waals surface area contributed by atoms with Crippen molar-refractivity contribution in [2.24, 2.45) is 0 Å². The molecule has 6 nitrogen and oxygen atoms in total. The van der Waals surface area contributed by atoms with Crippen molar-refractivity contribution in [1.82, 2.24) is 4.90 Å². The molecule has 0 bridgehead atoms. The van der Waals surface area contributed by atoms with Gasteiger partial charge < -0.3 is 19.7 Å². The Morgan fingerprint density at radius 2 is 1.67 bits per heavy atom. The number of amides is 1. The standard InChI is InChI=1S/C21H25N3O3/c1-15(2)23-9-11-24(12-10-23)18-6-4-17(5-7-18)22-21(25)16-3-8-19-20(13-16)27-14-26-19/h3-8,13,15H,9-12,14H2,1-2H3,(H,22,25). The lowest BCUT2D eigenvalue weighted by molar-refractivity contribution is 0.102. The molecule has 1 fully saturated rings. The highest BCUT2D eigenvalue weighted by molar-refractivity contribution is 6.04. The zero-order valence-corrected chi connectivity index (χ0v) is 15.8. The van der Waals surface area contributed by atoms with E-state index in [1.807, 2.05) is 12.1 Å². The molecule has 142 valence electrons. The lowest BCUT2D eigenvalue weighted by Crippen LogP contribution is -2.48. The van der Waals surface area contributed by atoms with Gasteiger partial charge in [-0.05, 0) is 56.3 Å². The van der Waals surface area contributed by atoms with Crippen molar-refractivity contribution in [2.45, 2.75) is 19.9 Å². The van der Waals surface area contributed by atoms with E-state index >= 15 is 0 Å².